The van der Waals surface area contributed by atoms with Crippen LogP contribution in [0, 0.1) is 5.92 Å². The van der Waals surface area contributed by atoms with Gasteiger partial charge in [-0.25, -0.2) is 0 Å². The van der Waals surface area contributed by atoms with Gasteiger partial charge in [0.1, 0.15) is 0 Å². The van der Waals surface area contributed by atoms with Crippen LogP contribution < -0.4 is 0 Å². The van der Waals surface area contributed by atoms with Crippen LogP contribution in [0.2, 0.25) is 0 Å². The van der Waals surface area contributed by atoms with E-state index in [9.17, 15) is 9.90 Å². The normalized spacial score (nSPS) is 12.6. The van der Waals surface area contributed by atoms with E-state index in [0.717, 1.165) is 25.7 Å². The zero-order valence-corrected chi connectivity index (χ0v) is 22.1. The van der Waals surface area contributed by atoms with Gasteiger partial charge >= 0.3 is 5.97 Å². The summed E-state index contributed by atoms with van der Waals surface area (Å²) in [4.78, 5) is 11.6. The molecule has 0 aliphatic carbocycles. The molecule has 1 N–H and O–H groups in total. The van der Waals surface area contributed by atoms with E-state index in [1.54, 1.807) is 0 Å². The van der Waals surface area contributed by atoms with E-state index in [0.29, 0.717) is 0 Å². The summed E-state index contributed by atoms with van der Waals surface area (Å²) in [6, 6.07) is 0. The average Bonchev–Trinajstić information content (AvgIpc) is 2.78. The van der Waals surface area contributed by atoms with Crippen molar-refractivity contribution in [1.29, 1.82) is 0 Å². The maximum absolute atomic E-state index is 11.6. The number of carboxylic acid groups (broad SMARTS) is 1. The van der Waals surface area contributed by atoms with Gasteiger partial charge in [0, 0.05) is 0 Å². The highest BCUT2D eigenvalue weighted by Gasteiger charge is 2.16. The molecule has 0 saturated heterocycles. The molecule has 0 heterocycles. The lowest BCUT2D eigenvalue weighted by atomic mass is 9.94. The zero-order chi connectivity index (χ0) is 23.5. The van der Waals surface area contributed by atoms with Crippen LogP contribution in [0.1, 0.15) is 168 Å². The Morgan fingerprint density at radius 3 is 1.22 bits per heavy atom. The Hall–Kier alpha value is -0.790. The van der Waals surface area contributed by atoms with E-state index < -0.39 is 5.97 Å². The fourth-order valence-corrected chi connectivity index (χ4v) is 4.55. The van der Waals surface area contributed by atoms with Crippen molar-refractivity contribution in [2.24, 2.45) is 5.92 Å². The van der Waals surface area contributed by atoms with Crippen LogP contribution >= 0.6 is 0 Å². The molecule has 1 unspecified atom stereocenters. The lowest BCUT2D eigenvalue weighted by molar-refractivity contribution is -0.142. The van der Waals surface area contributed by atoms with Crippen LogP contribution in [0.25, 0.3) is 0 Å². The number of hydrogen-bond acceptors (Lipinski definition) is 1. The second-order valence-electron chi connectivity index (χ2n) is 10.0. The summed E-state index contributed by atoms with van der Waals surface area (Å²) < 4.78 is 0. The van der Waals surface area contributed by atoms with Crippen molar-refractivity contribution in [3.05, 3.63) is 12.2 Å². The molecule has 0 fully saturated rings. The summed E-state index contributed by atoms with van der Waals surface area (Å²) in [5.74, 6) is -0.680. The Balaban J connectivity index is 3.48. The minimum absolute atomic E-state index is 0.110. The van der Waals surface area contributed by atoms with E-state index >= 15 is 0 Å². The minimum atomic E-state index is -0.570. The molecule has 190 valence electrons. The molecule has 0 aliphatic rings. The average molecular weight is 451 g/mol. The van der Waals surface area contributed by atoms with Gasteiger partial charge in [0.15, 0.2) is 0 Å². The Morgan fingerprint density at radius 1 is 0.531 bits per heavy atom. The molecule has 0 aliphatic heterocycles. The van der Waals surface area contributed by atoms with Gasteiger partial charge in [-0.05, 0) is 38.5 Å². The first kappa shape index (κ1) is 31.2. The van der Waals surface area contributed by atoms with Gasteiger partial charge in [-0.15, -0.1) is 0 Å². The summed E-state index contributed by atoms with van der Waals surface area (Å²) in [6.07, 6.45) is 35.1. The highest BCUT2D eigenvalue weighted by molar-refractivity contribution is 5.69. The maximum Gasteiger partial charge on any atom is 0.306 e. The van der Waals surface area contributed by atoms with Gasteiger partial charge in [0.2, 0.25) is 0 Å². The monoisotopic (exact) mass is 450 g/mol. The number of aliphatic carboxylic acids is 1. The Kier molecular flexibility index (Phi) is 25.8. The van der Waals surface area contributed by atoms with E-state index in [-0.39, 0.29) is 5.92 Å². The summed E-state index contributed by atoms with van der Waals surface area (Å²) in [5.41, 5.74) is 0. The standard InChI is InChI=1S/C30H58O2/c1-3-5-7-9-11-13-15-17-19-21-23-25-27-29(30(31)32)28-26-24-22-20-18-16-14-12-10-8-6-4-2/h13,15,29H,3-12,14,16-28H2,1-2H3,(H,31,32)/b15-13-. The molecule has 0 saturated carbocycles. The molecule has 0 radical (unpaired) electrons. The van der Waals surface area contributed by atoms with Gasteiger partial charge in [-0.3, -0.25) is 4.79 Å². The highest BCUT2D eigenvalue weighted by atomic mass is 16.4. The largest absolute Gasteiger partial charge is 0.481 e. The molecule has 2 nitrogen and oxygen atoms in total. The molecule has 1 atom stereocenters. The first-order valence-corrected chi connectivity index (χ1v) is 14.6. The SMILES string of the molecule is CCCCCC/C=C\CCCCCCC(CCCCCCCCCCCCCC)C(=O)O. The van der Waals surface area contributed by atoms with E-state index in [2.05, 4.69) is 26.0 Å². The lowest BCUT2D eigenvalue weighted by Gasteiger charge is -2.12. The third-order valence-corrected chi connectivity index (χ3v) is 6.82. The van der Waals surface area contributed by atoms with Crippen LogP contribution in [0.5, 0.6) is 0 Å². The predicted octanol–water partition coefficient (Wildman–Crippen LogP) is 10.6. The van der Waals surface area contributed by atoms with Crippen molar-refractivity contribution in [3.8, 4) is 0 Å². The summed E-state index contributed by atoms with van der Waals surface area (Å²) >= 11 is 0. The number of rotatable bonds is 26. The fourth-order valence-electron chi connectivity index (χ4n) is 4.55. The third kappa shape index (κ3) is 23.9. The van der Waals surface area contributed by atoms with Crippen molar-refractivity contribution in [2.75, 3.05) is 0 Å². The van der Waals surface area contributed by atoms with Gasteiger partial charge < -0.3 is 5.11 Å². The highest BCUT2D eigenvalue weighted by Crippen LogP contribution is 2.20. The fraction of sp³-hybridized carbons (Fsp3) is 0.900. The Labute approximate surface area is 202 Å². The summed E-state index contributed by atoms with van der Waals surface area (Å²) in [7, 11) is 0. The van der Waals surface area contributed by atoms with Crippen LogP contribution in [0.3, 0.4) is 0 Å². The predicted molar refractivity (Wildman–Crippen MR) is 142 cm³/mol. The first-order valence-electron chi connectivity index (χ1n) is 14.6. The Bertz CT molecular complexity index is 402. The number of carbonyl (C=O) groups is 1. The molecule has 0 bridgehead atoms. The quantitative estimate of drug-likeness (QED) is 0.105. The van der Waals surface area contributed by atoms with Gasteiger partial charge in [-0.1, -0.05) is 142 Å². The summed E-state index contributed by atoms with van der Waals surface area (Å²) in [5, 5.41) is 9.52. The second kappa shape index (κ2) is 26.5. The third-order valence-electron chi connectivity index (χ3n) is 6.82. The van der Waals surface area contributed by atoms with Gasteiger partial charge in [0.05, 0.1) is 5.92 Å². The maximum atomic E-state index is 11.6. The smallest absolute Gasteiger partial charge is 0.306 e. The number of carboxylic acids is 1. The van der Waals surface area contributed by atoms with Crippen LogP contribution in [0.4, 0.5) is 0 Å². The van der Waals surface area contributed by atoms with E-state index in [1.165, 1.54) is 128 Å². The molecule has 0 rings (SSSR count). The first-order chi connectivity index (χ1) is 15.7. The van der Waals surface area contributed by atoms with Crippen LogP contribution in [-0.2, 0) is 4.79 Å². The molecule has 2 heteroatoms. The van der Waals surface area contributed by atoms with Gasteiger partial charge in [0.25, 0.3) is 0 Å². The Morgan fingerprint density at radius 2 is 0.844 bits per heavy atom. The topological polar surface area (TPSA) is 37.3 Å². The molecule has 0 amide bonds. The van der Waals surface area contributed by atoms with Crippen LogP contribution in [0.15, 0.2) is 12.2 Å². The minimum Gasteiger partial charge on any atom is -0.481 e. The van der Waals surface area contributed by atoms with E-state index in [1.807, 2.05) is 0 Å². The van der Waals surface area contributed by atoms with Crippen molar-refractivity contribution >= 4 is 5.97 Å². The van der Waals surface area contributed by atoms with Crippen molar-refractivity contribution < 1.29 is 9.90 Å². The zero-order valence-electron chi connectivity index (χ0n) is 22.1. The molecule has 0 aromatic carbocycles. The van der Waals surface area contributed by atoms with Crippen LogP contribution in [-0.4, -0.2) is 11.1 Å². The summed E-state index contributed by atoms with van der Waals surface area (Å²) in [6.45, 7) is 4.53. The lowest BCUT2D eigenvalue weighted by Crippen LogP contribution is -2.13. The molecule has 0 aromatic rings. The number of hydrogen-bond donors (Lipinski definition) is 1. The molecule has 0 spiro atoms. The number of unbranched alkanes of at least 4 members (excludes halogenated alkanes) is 19. The molecular formula is C30H58O2. The van der Waals surface area contributed by atoms with Crippen molar-refractivity contribution in [1.82, 2.24) is 0 Å². The van der Waals surface area contributed by atoms with Gasteiger partial charge in [-0.2, -0.15) is 0 Å². The molecule has 0 aromatic heterocycles. The molecule has 32 heavy (non-hydrogen) atoms. The molecular weight excluding hydrogens is 392 g/mol. The van der Waals surface area contributed by atoms with Crippen molar-refractivity contribution in [3.63, 3.8) is 0 Å². The van der Waals surface area contributed by atoms with E-state index in [4.69, 9.17) is 0 Å². The van der Waals surface area contributed by atoms with Crippen molar-refractivity contribution in [2.45, 2.75) is 168 Å². The second-order valence-corrected chi connectivity index (χ2v) is 10.0. The number of allylic oxidation sites excluding steroid dienone is 2.